The van der Waals surface area contributed by atoms with Crippen LogP contribution < -0.4 is 0 Å². The maximum absolute atomic E-state index is 11.8. The van der Waals surface area contributed by atoms with Gasteiger partial charge in [-0.15, -0.1) is 0 Å². The van der Waals surface area contributed by atoms with Crippen molar-refractivity contribution in [2.24, 2.45) is 0 Å². The Labute approximate surface area is 75.1 Å². The molecule has 78 valence electrons. The van der Waals surface area contributed by atoms with Gasteiger partial charge >= 0.3 is 0 Å². The highest BCUT2D eigenvalue weighted by molar-refractivity contribution is 4.39. The second-order valence-corrected chi connectivity index (χ2v) is 2.15. The minimum absolute atomic E-state index is 0.233. The van der Waals surface area contributed by atoms with E-state index >= 15 is 0 Å². The summed E-state index contributed by atoms with van der Waals surface area (Å²) in [6.07, 6.45) is 0.431. The van der Waals surface area contributed by atoms with Crippen LogP contribution in [0.15, 0.2) is 0 Å². The molecule has 1 nitrogen and oxygen atoms in total. The summed E-state index contributed by atoms with van der Waals surface area (Å²) >= 11 is 0. The zero-order valence-electron chi connectivity index (χ0n) is 8.86. The van der Waals surface area contributed by atoms with Gasteiger partial charge in [-0.25, -0.2) is 4.39 Å². The van der Waals surface area contributed by atoms with Crippen molar-refractivity contribution in [1.29, 1.82) is 0 Å². The summed E-state index contributed by atoms with van der Waals surface area (Å²) in [5, 5.41) is 0. The number of rotatable bonds is 3. The topological polar surface area (TPSA) is 9.23 Å². The van der Waals surface area contributed by atoms with Crippen LogP contribution in [-0.4, -0.2) is 26.6 Å². The van der Waals surface area contributed by atoms with Gasteiger partial charge in [0.1, 0.15) is 6.17 Å². The molecule has 0 aromatic heterocycles. The SMILES string of the molecule is CCC.CCOCC(C)F.CF. The van der Waals surface area contributed by atoms with E-state index in [1.807, 2.05) is 6.92 Å². The maximum atomic E-state index is 11.8. The molecule has 0 rings (SSSR count). The summed E-state index contributed by atoms with van der Waals surface area (Å²) in [6.45, 7) is 8.42. The molecular formula is C9H22F2O. The summed E-state index contributed by atoms with van der Waals surface area (Å²) < 4.78 is 26.0. The third kappa shape index (κ3) is 52.4. The molecule has 0 aromatic carbocycles. The first-order valence-corrected chi connectivity index (χ1v) is 4.28. The van der Waals surface area contributed by atoms with E-state index < -0.39 is 6.17 Å². The fraction of sp³-hybridized carbons (Fsp3) is 1.00. The van der Waals surface area contributed by atoms with Gasteiger partial charge in [0.25, 0.3) is 0 Å². The smallest absolute Gasteiger partial charge is 0.121 e. The third-order valence-corrected chi connectivity index (χ3v) is 0.552. The first-order chi connectivity index (χ1) is 5.68. The van der Waals surface area contributed by atoms with E-state index in [2.05, 4.69) is 13.8 Å². The molecule has 0 bridgehead atoms. The highest BCUT2D eigenvalue weighted by atomic mass is 19.1. The second-order valence-electron chi connectivity index (χ2n) is 2.15. The molecule has 0 spiro atoms. The van der Waals surface area contributed by atoms with Gasteiger partial charge in [-0.05, 0) is 13.8 Å². The van der Waals surface area contributed by atoms with Crippen LogP contribution in [0.2, 0.25) is 0 Å². The van der Waals surface area contributed by atoms with Crippen LogP contribution in [-0.2, 0) is 4.74 Å². The third-order valence-electron chi connectivity index (χ3n) is 0.552. The molecule has 3 heteroatoms. The van der Waals surface area contributed by atoms with Gasteiger partial charge in [-0.1, -0.05) is 20.3 Å². The van der Waals surface area contributed by atoms with Gasteiger partial charge < -0.3 is 4.74 Å². The van der Waals surface area contributed by atoms with E-state index in [1.165, 1.54) is 13.3 Å². The minimum Gasteiger partial charge on any atom is -0.379 e. The molecule has 0 fully saturated rings. The Hall–Kier alpha value is -0.180. The lowest BCUT2D eigenvalue weighted by Crippen LogP contribution is -2.04. The summed E-state index contributed by atoms with van der Waals surface area (Å²) in [7, 11) is 0.500. The first kappa shape index (κ1) is 17.8. The van der Waals surface area contributed by atoms with Crippen LogP contribution in [0.5, 0.6) is 0 Å². The van der Waals surface area contributed by atoms with Gasteiger partial charge in [0, 0.05) is 6.61 Å². The fourth-order valence-corrected chi connectivity index (χ4v) is 0.280. The molecule has 1 atom stereocenters. The predicted molar refractivity (Wildman–Crippen MR) is 50.1 cm³/mol. The monoisotopic (exact) mass is 184 g/mol. The predicted octanol–water partition coefficient (Wildman–Crippen LogP) is 3.38. The van der Waals surface area contributed by atoms with Crippen LogP contribution in [0.25, 0.3) is 0 Å². The molecule has 0 aromatic rings. The van der Waals surface area contributed by atoms with Gasteiger partial charge in [-0.3, -0.25) is 4.39 Å². The highest BCUT2D eigenvalue weighted by Crippen LogP contribution is 1.86. The Kier molecular flexibility index (Phi) is 33.3. The highest BCUT2D eigenvalue weighted by Gasteiger charge is 1.92. The lowest BCUT2D eigenvalue weighted by atomic mass is 10.5. The lowest BCUT2D eigenvalue weighted by Gasteiger charge is -1.98. The van der Waals surface area contributed by atoms with E-state index in [0.29, 0.717) is 13.8 Å². The zero-order chi connectivity index (χ0) is 10.4. The van der Waals surface area contributed by atoms with E-state index in [4.69, 9.17) is 4.74 Å². The lowest BCUT2D eigenvalue weighted by molar-refractivity contribution is 0.0971. The molecular weight excluding hydrogens is 162 g/mol. The summed E-state index contributed by atoms with van der Waals surface area (Å²) in [5.74, 6) is 0. The Balaban J connectivity index is -0.000000137. The van der Waals surface area contributed by atoms with Crippen molar-refractivity contribution in [3.63, 3.8) is 0 Å². The summed E-state index contributed by atoms with van der Waals surface area (Å²) in [4.78, 5) is 0. The maximum Gasteiger partial charge on any atom is 0.121 e. The van der Waals surface area contributed by atoms with Crippen molar-refractivity contribution in [2.45, 2.75) is 40.3 Å². The van der Waals surface area contributed by atoms with E-state index in [-0.39, 0.29) is 6.61 Å². The van der Waals surface area contributed by atoms with Crippen LogP contribution in [0.3, 0.4) is 0 Å². The van der Waals surface area contributed by atoms with Crippen LogP contribution in [0.4, 0.5) is 8.78 Å². The van der Waals surface area contributed by atoms with Crippen molar-refractivity contribution in [3.05, 3.63) is 0 Å². The van der Waals surface area contributed by atoms with Crippen LogP contribution >= 0.6 is 0 Å². The second kappa shape index (κ2) is 22.4. The Bertz CT molecular complexity index is 49.8. The molecule has 0 aliphatic carbocycles. The number of alkyl halides is 2. The summed E-state index contributed by atoms with van der Waals surface area (Å²) in [6, 6.07) is 0. The van der Waals surface area contributed by atoms with Crippen LogP contribution in [0, 0.1) is 0 Å². The Morgan fingerprint density at radius 3 is 1.58 bits per heavy atom. The summed E-state index contributed by atoms with van der Waals surface area (Å²) in [5.41, 5.74) is 0. The fourth-order valence-electron chi connectivity index (χ4n) is 0.280. The molecule has 0 heterocycles. The first-order valence-electron chi connectivity index (χ1n) is 4.28. The zero-order valence-corrected chi connectivity index (χ0v) is 8.86. The van der Waals surface area contributed by atoms with Crippen LogP contribution in [0.1, 0.15) is 34.1 Å². The molecule has 0 aliphatic rings. The largest absolute Gasteiger partial charge is 0.379 e. The average molecular weight is 184 g/mol. The molecule has 0 aliphatic heterocycles. The normalized spacial score (nSPS) is 10.2. The number of ether oxygens (including phenoxy) is 1. The van der Waals surface area contributed by atoms with Crippen molar-refractivity contribution in [1.82, 2.24) is 0 Å². The van der Waals surface area contributed by atoms with Gasteiger partial charge in [-0.2, -0.15) is 0 Å². The molecule has 12 heavy (non-hydrogen) atoms. The average Bonchev–Trinajstić information content (AvgIpc) is 2.06. The van der Waals surface area contributed by atoms with Gasteiger partial charge in [0.15, 0.2) is 0 Å². The Morgan fingerprint density at radius 1 is 1.17 bits per heavy atom. The van der Waals surface area contributed by atoms with E-state index in [9.17, 15) is 8.78 Å². The van der Waals surface area contributed by atoms with E-state index in [1.54, 1.807) is 0 Å². The molecule has 1 unspecified atom stereocenters. The van der Waals surface area contributed by atoms with Crippen molar-refractivity contribution < 1.29 is 13.5 Å². The van der Waals surface area contributed by atoms with Gasteiger partial charge in [0.2, 0.25) is 0 Å². The molecule has 0 radical (unpaired) electrons. The molecule has 0 saturated heterocycles. The van der Waals surface area contributed by atoms with E-state index in [0.717, 1.165) is 0 Å². The van der Waals surface area contributed by atoms with Crippen molar-refractivity contribution in [2.75, 3.05) is 20.4 Å². The Morgan fingerprint density at radius 2 is 1.50 bits per heavy atom. The quantitative estimate of drug-likeness (QED) is 0.653. The standard InChI is InChI=1S/C5H11FO.C3H8.CH3F/c1-3-7-4-5(2)6;1-3-2;1-2/h5H,3-4H2,1-2H3;3H2,1-2H3;1H3. The number of hydrogen-bond acceptors (Lipinski definition) is 1. The minimum atomic E-state index is -0.819. The van der Waals surface area contributed by atoms with Crippen molar-refractivity contribution >= 4 is 0 Å². The molecule has 0 saturated carbocycles. The van der Waals surface area contributed by atoms with Gasteiger partial charge in [0.05, 0.1) is 13.8 Å². The number of hydrogen-bond donors (Lipinski definition) is 0. The molecule has 0 amide bonds. The number of halogens is 2. The van der Waals surface area contributed by atoms with Crippen molar-refractivity contribution in [3.8, 4) is 0 Å². The molecule has 0 N–H and O–H groups in total.